The number of hydrogen-bond acceptors (Lipinski definition) is 4. The fourth-order valence-electron chi connectivity index (χ4n) is 4.54. The van der Waals surface area contributed by atoms with Gasteiger partial charge in [-0.1, -0.05) is 49.7 Å². The fraction of sp³-hybridized carbons (Fsp3) is 0.387. The number of ether oxygens (including phenoxy) is 2. The molecule has 1 aliphatic heterocycles. The number of carbonyl (C=O) groups is 1. The molecule has 3 aromatic rings. The van der Waals surface area contributed by atoms with E-state index in [0.29, 0.717) is 16.5 Å². The van der Waals surface area contributed by atoms with Gasteiger partial charge in [0.2, 0.25) is 5.91 Å². The van der Waals surface area contributed by atoms with E-state index in [-0.39, 0.29) is 30.5 Å². The van der Waals surface area contributed by atoms with Crippen molar-refractivity contribution in [3.63, 3.8) is 0 Å². The van der Waals surface area contributed by atoms with Gasteiger partial charge in [0.1, 0.15) is 0 Å². The normalized spacial score (nSPS) is 15.7. The fourth-order valence-corrected chi connectivity index (χ4v) is 4.67. The van der Waals surface area contributed by atoms with E-state index in [1.165, 1.54) is 5.56 Å². The molecule has 0 fully saturated rings. The lowest BCUT2D eigenvalue weighted by molar-refractivity contribution is -0.118. The lowest BCUT2D eigenvalue weighted by Gasteiger charge is -2.38. The summed E-state index contributed by atoms with van der Waals surface area (Å²) in [5, 5.41) is 0.656. The van der Waals surface area contributed by atoms with E-state index in [1.807, 2.05) is 81.1 Å². The van der Waals surface area contributed by atoms with Gasteiger partial charge in [-0.25, -0.2) is 0 Å². The average Bonchev–Trinajstić information content (AvgIpc) is 2.89. The summed E-state index contributed by atoms with van der Waals surface area (Å²) in [6, 6.07) is 19.9. The second-order valence-electron chi connectivity index (χ2n) is 9.49. The molecule has 5 nitrogen and oxygen atoms in total. The molecule has 0 N–H and O–H groups in total. The summed E-state index contributed by atoms with van der Waals surface area (Å²) in [6.07, 6.45) is 0.275. The Morgan fingerprint density at radius 2 is 1.57 bits per heavy atom. The molecule has 1 aliphatic rings. The molecule has 0 radical (unpaired) electrons. The van der Waals surface area contributed by atoms with Crippen molar-refractivity contribution in [2.45, 2.75) is 59.2 Å². The van der Waals surface area contributed by atoms with Crippen LogP contribution < -0.4 is 14.4 Å². The Balaban J connectivity index is 0.00000186. The summed E-state index contributed by atoms with van der Waals surface area (Å²) in [6.45, 7) is 10.1. The van der Waals surface area contributed by atoms with Gasteiger partial charge in [0.25, 0.3) is 0 Å². The highest BCUT2D eigenvalue weighted by atomic mass is 35.5. The number of methoxy groups -OCH3 is 1. The van der Waals surface area contributed by atoms with Crippen molar-refractivity contribution in [2.75, 3.05) is 26.1 Å². The first-order chi connectivity index (χ1) is 17.7. The second-order valence-corrected chi connectivity index (χ2v) is 9.93. The molecule has 2 unspecified atom stereocenters. The van der Waals surface area contributed by atoms with Crippen LogP contribution in [0.15, 0.2) is 60.7 Å². The van der Waals surface area contributed by atoms with E-state index in [0.717, 1.165) is 22.4 Å². The van der Waals surface area contributed by atoms with Crippen molar-refractivity contribution in [3.05, 3.63) is 87.9 Å². The molecule has 6 heteroatoms. The molecule has 1 heterocycles. The molecule has 37 heavy (non-hydrogen) atoms. The first-order valence-corrected chi connectivity index (χ1v) is 13.3. The van der Waals surface area contributed by atoms with Crippen molar-refractivity contribution >= 4 is 23.2 Å². The quantitative estimate of drug-likeness (QED) is 0.323. The Bertz CT molecular complexity index is 1190. The lowest BCUT2D eigenvalue weighted by Crippen LogP contribution is -2.41. The van der Waals surface area contributed by atoms with E-state index in [2.05, 4.69) is 38.1 Å². The number of fused-ring (bicyclic) bond motifs is 1. The topological polar surface area (TPSA) is 42.0 Å². The number of nitrogens with zero attached hydrogens (tertiary/aromatic N) is 2. The molecule has 0 aliphatic carbocycles. The zero-order chi connectivity index (χ0) is 27.3. The minimum atomic E-state index is -0.318. The van der Waals surface area contributed by atoms with Crippen LogP contribution >= 0.6 is 11.6 Å². The van der Waals surface area contributed by atoms with Crippen LogP contribution in [0.2, 0.25) is 5.02 Å². The molecular formula is C31H39ClN2O3. The molecule has 0 saturated carbocycles. The maximum atomic E-state index is 13.6. The Labute approximate surface area is 227 Å². The van der Waals surface area contributed by atoms with Crippen LogP contribution in [0.3, 0.4) is 0 Å². The minimum absolute atomic E-state index is 0.0107. The number of carbonyl (C=O) groups excluding carboxylic acids is 1. The van der Waals surface area contributed by atoms with Gasteiger partial charge in [0.15, 0.2) is 11.5 Å². The van der Waals surface area contributed by atoms with Gasteiger partial charge < -0.3 is 19.3 Å². The van der Waals surface area contributed by atoms with Crippen molar-refractivity contribution in [1.82, 2.24) is 4.90 Å². The predicted molar refractivity (Wildman–Crippen MR) is 153 cm³/mol. The Morgan fingerprint density at radius 3 is 2.11 bits per heavy atom. The van der Waals surface area contributed by atoms with Crippen molar-refractivity contribution in [3.8, 4) is 11.5 Å². The summed E-state index contributed by atoms with van der Waals surface area (Å²) >= 11 is 6.21. The van der Waals surface area contributed by atoms with Crippen LogP contribution in [0.25, 0.3) is 0 Å². The average molecular weight is 523 g/mol. The number of hydrogen-bond donors (Lipinski definition) is 0. The van der Waals surface area contributed by atoms with Crippen LogP contribution in [0, 0.1) is 0 Å². The van der Waals surface area contributed by atoms with E-state index < -0.39 is 0 Å². The van der Waals surface area contributed by atoms with Crippen LogP contribution in [0.5, 0.6) is 11.5 Å². The van der Waals surface area contributed by atoms with Crippen molar-refractivity contribution in [2.24, 2.45) is 0 Å². The molecule has 0 saturated heterocycles. The summed E-state index contributed by atoms with van der Waals surface area (Å²) < 4.78 is 11.7. The molecule has 1 amide bonds. The largest absolute Gasteiger partial charge is 0.493 e. The summed E-state index contributed by atoms with van der Waals surface area (Å²) in [7, 11) is 5.75. The van der Waals surface area contributed by atoms with Gasteiger partial charge in [-0.15, -0.1) is 0 Å². The van der Waals surface area contributed by atoms with Crippen molar-refractivity contribution < 1.29 is 14.3 Å². The zero-order valence-electron chi connectivity index (χ0n) is 23.2. The number of anilines is 1. The monoisotopic (exact) mass is 522 g/mol. The van der Waals surface area contributed by atoms with Crippen LogP contribution in [0.4, 0.5) is 5.69 Å². The van der Waals surface area contributed by atoms with Gasteiger partial charge in [-0.2, -0.15) is 0 Å². The molecule has 3 aromatic carbocycles. The molecule has 0 aromatic heterocycles. The van der Waals surface area contributed by atoms with Gasteiger partial charge in [-0.05, 0) is 93.5 Å². The Hall–Kier alpha value is -3.02. The van der Waals surface area contributed by atoms with E-state index >= 15 is 0 Å². The van der Waals surface area contributed by atoms with E-state index in [1.54, 1.807) is 7.11 Å². The number of amides is 1. The number of halogens is 1. The molecule has 0 spiro atoms. The van der Waals surface area contributed by atoms with Gasteiger partial charge in [-0.3, -0.25) is 4.79 Å². The Kier molecular flexibility index (Phi) is 9.63. The number of benzene rings is 3. The second kappa shape index (κ2) is 12.5. The lowest BCUT2D eigenvalue weighted by atomic mass is 9.86. The van der Waals surface area contributed by atoms with Crippen LogP contribution in [0.1, 0.15) is 69.0 Å². The minimum Gasteiger partial charge on any atom is -0.493 e. The first-order valence-electron chi connectivity index (χ1n) is 12.9. The SMILES string of the molecule is CC.COc1cc2c(cc1OC(C)C)C(c1ccc(Cl)cc1)N(c1ccc(C(C)N(C)C)cc1)C(=O)C2. The van der Waals surface area contributed by atoms with E-state index in [4.69, 9.17) is 21.1 Å². The molecule has 198 valence electrons. The molecular weight excluding hydrogens is 484 g/mol. The van der Waals surface area contributed by atoms with Gasteiger partial charge >= 0.3 is 0 Å². The summed E-state index contributed by atoms with van der Waals surface area (Å²) in [5.74, 6) is 1.34. The van der Waals surface area contributed by atoms with Gasteiger partial charge in [0, 0.05) is 16.8 Å². The molecule has 2 atom stereocenters. The van der Waals surface area contributed by atoms with E-state index in [9.17, 15) is 4.79 Å². The Morgan fingerprint density at radius 1 is 0.946 bits per heavy atom. The maximum Gasteiger partial charge on any atom is 0.232 e. The van der Waals surface area contributed by atoms with Crippen LogP contribution in [-0.2, 0) is 11.2 Å². The molecule has 4 rings (SSSR count). The highest BCUT2D eigenvalue weighted by molar-refractivity contribution is 6.30. The zero-order valence-corrected chi connectivity index (χ0v) is 24.0. The summed E-state index contributed by atoms with van der Waals surface area (Å²) in [4.78, 5) is 17.7. The smallest absolute Gasteiger partial charge is 0.232 e. The first kappa shape index (κ1) is 28.5. The third kappa shape index (κ3) is 6.28. The van der Waals surface area contributed by atoms with Crippen LogP contribution in [-0.4, -0.2) is 38.1 Å². The standard InChI is InChI=1S/C29H33ClN2O3.C2H6/c1-18(2)35-27-17-25-22(15-26(27)34-6)16-28(33)32(29(25)21-7-11-23(30)12-8-21)24-13-9-20(10-14-24)19(3)31(4)5;1-2/h7-15,17-19,29H,16H2,1-6H3;1-2H3. The third-order valence-corrected chi connectivity index (χ3v) is 6.82. The number of rotatable bonds is 7. The predicted octanol–water partition coefficient (Wildman–Crippen LogP) is 7.46. The van der Waals surface area contributed by atoms with Crippen molar-refractivity contribution in [1.29, 1.82) is 0 Å². The highest BCUT2D eigenvalue weighted by Gasteiger charge is 2.36. The molecule has 0 bridgehead atoms. The third-order valence-electron chi connectivity index (χ3n) is 6.57. The highest BCUT2D eigenvalue weighted by Crippen LogP contribution is 2.44. The summed E-state index contributed by atoms with van der Waals surface area (Å²) in [5.41, 5.74) is 5.00. The maximum absolute atomic E-state index is 13.6. The van der Waals surface area contributed by atoms with Gasteiger partial charge in [0.05, 0.1) is 25.7 Å².